The number of nitrogens with zero attached hydrogens (tertiary/aromatic N) is 5. The van der Waals surface area contributed by atoms with Crippen molar-refractivity contribution in [1.82, 2.24) is 24.9 Å². The Bertz CT molecular complexity index is 1250. The van der Waals surface area contributed by atoms with Crippen molar-refractivity contribution in [3.8, 4) is 0 Å². The van der Waals surface area contributed by atoms with Crippen LogP contribution in [0.4, 0.5) is 20.3 Å². The Labute approximate surface area is 181 Å². The lowest BCUT2D eigenvalue weighted by Crippen LogP contribution is -2.40. The van der Waals surface area contributed by atoms with E-state index in [9.17, 15) is 8.78 Å². The third-order valence-electron chi connectivity index (χ3n) is 5.69. The maximum absolute atomic E-state index is 13.8. The quantitative estimate of drug-likeness (QED) is 0.463. The monoisotopic (exact) mass is 443 g/mol. The van der Waals surface area contributed by atoms with Gasteiger partial charge in [-0.3, -0.25) is 4.98 Å². The third kappa shape index (κ3) is 3.63. The predicted octanol–water partition coefficient (Wildman–Crippen LogP) is 4.96. The van der Waals surface area contributed by atoms with Crippen LogP contribution in [0.5, 0.6) is 0 Å². The number of halogens is 3. The summed E-state index contributed by atoms with van der Waals surface area (Å²) >= 11 is 6.59. The van der Waals surface area contributed by atoms with E-state index in [2.05, 4.69) is 30.2 Å². The Hall–Kier alpha value is -3.07. The predicted molar refractivity (Wildman–Crippen MR) is 117 cm³/mol. The molecule has 0 amide bonds. The van der Waals surface area contributed by atoms with Crippen molar-refractivity contribution in [2.75, 3.05) is 23.3 Å². The number of piperidine rings is 1. The lowest BCUT2D eigenvalue weighted by atomic mass is 9.98. The standard InChI is InChI=1S/C21H20ClF2N7/c1-12(30-20-17-19(27-10-26-17)28-11-29-20)14-9-15(22)13-3-2-6-25-16(13)18(14)31-7-4-21(23,24)5-8-31/h2-3,6,9-12H,4-5,7-8H2,1H3,(H2,26,27,28,29,30). The summed E-state index contributed by atoms with van der Waals surface area (Å²) in [6.45, 7) is 2.47. The van der Waals surface area contributed by atoms with Crippen molar-refractivity contribution in [2.24, 2.45) is 0 Å². The van der Waals surface area contributed by atoms with Crippen LogP contribution in [0.15, 0.2) is 37.1 Å². The van der Waals surface area contributed by atoms with E-state index >= 15 is 0 Å². The maximum Gasteiger partial charge on any atom is 0.251 e. The van der Waals surface area contributed by atoms with E-state index in [4.69, 9.17) is 11.6 Å². The summed E-state index contributed by atoms with van der Waals surface area (Å²) in [5.41, 5.74) is 3.64. The molecule has 1 unspecified atom stereocenters. The molecular formula is C21H20ClF2N7. The van der Waals surface area contributed by atoms with E-state index in [0.29, 0.717) is 27.5 Å². The zero-order valence-corrected chi connectivity index (χ0v) is 17.5. The molecule has 0 saturated carbocycles. The van der Waals surface area contributed by atoms with Gasteiger partial charge in [0.25, 0.3) is 5.92 Å². The Kier molecular flexibility index (Phi) is 4.85. The highest BCUT2D eigenvalue weighted by Gasteiger charge is 2.35. The van der Waals surface area contributed by atoms with E-state index < -0.39 is 5.92 Å². The van der Waals surface area contributed by atoms with E-state index in [1.807, 2.05) is 30.0 Å². The molecule has 7 nitrogen and oxygen atoms in total. The van der Waals surface area contributed by atoms with E-state index in [0.717, 1.165) is 16.6 Å². The second-order valence-electron chi connectivity index (χ2n) is 7.73. The van der Waals surface area contributed by atoms with Gasteiger partial charge in [-0.1, -0.05) is 11.6 Å². The molecule has 1 aliphatic heterocycles. The van der Waals surface area contributed by atoms with Crippen molar-refractivity contribution in [1.29, 1.82) is 0 Å². The first-order valence-corrected chi connectivity index (χ1v) is 10.4. The molecule has 0 aliphatic carbocycles. The van der Waals surface area contributed by atoms with Gasteiger partial charge < -0.3 is 15.2 Å². The number of imidazole rings is 1. The number of hydrogen-bond acceptors (Lipinski definition) is 6. The van der Waals surface area contributed by atoms with Crippen LogP contribution in [0.3, 0.4) is 0 Å². The topological polar surface area (TPSA) is 82.6 Å². The van der Waals surface area contributed by atoms with E-state index in [-0.39, 0.29) is 32.0 Å². The van der Waals surface area contributed by atoms with Crippen molar-refractivity contribution in [3.05, 3.63) is 47.6 Å². The number of aromatic nitrogens is 5. The van der Waals surface area contributed by atoms with Crippen LogP contribution < -0.4 is 10.2 Å². The molecule has 1 aromatic carbocycles. The van der Waals surface area contributed by atoms with Crippen LogP contribution in [0.1, 0.15) is 31.4 Å². The molecule has 1 saturated heterocycles. The fraction of sp³-hybridized carbons (Fsp3) is 0.333. The zero-order valence-electron chi connectivity index (χ0n) is 16.7. The molecular weight excluding hydrogens is 424 g/mol. The molecule has 1 fully saturated rings. The van der Waals surface area contributed by atoms with Gasteiger partial charge >= 0.3 is 0 Å². The van der Waals surface area contributed by atoms with Gasteiger partial charge in [-0.05, 0) is 25.1 Å². The number of hydrogen-bond donors (Lipinski definition) is 2. The van der Waals surface area contributed by atoms with Crippen LogP contribution >= 0.6 is 11.6 Å². The number of rotatable bonds is 4. The normalized spacial score (nSPS) is 17.2. The molecule has 0 spiro atoms. The number of alkyl halides is 2. The lowest BCUT2D eigenvalue weighted by molar-refractivity contribution is -0.0220. The molecule has 4 aromatic rings. The average molecular weight is 444 g/mol. The first-order chi connectivity index (χ1) is 14.9. The number of anilines is 2. The van der Waals surface area contributed by atoms with Crippen LogP contribution in [0.25, 0.3) is 22.1 Å². The van der Waals surface area contributed by atoms with Crippen LogP contribution in [-0.4, -0.2) is 43.9 Å². The molecule has 4 heterocycles. The van der Waals surface area contributed by atoms with Crippen molar-refractivity contribution in [2.45, 2.75) is 31.7 Å². The second-order valence-corrected chi connectivity index (χ2v) is 8.13. The molecule has 10 heteroatoms. The largest absolute Gasteiger partial charge is 0.369 e. The Morgan fingerprint density at radius 1 is 1.16 bits per heavy atom. The first-order valence-electron chi connectivity index (χ1n) is 10.0. The molecule has 5 rings (SSSR count). The van der Waals surface area contributed by atoms with E-state index in [1.165, 1.54) is 6.33 Å². The van der Waals surface area contributed by atoms with Gasteiger partial charge in [-0.15, -0.1) is 0 Å². The van der Waals surface area contributed by atoms with E-state index in [1.54, 1.807) is 12.5 Å². The molecule has 31 heavy (non-hydrogen) atoms. The summed E-state index contributed by atoms with van der Waals surface area (Å²) in [6.07, 6.45) is 4.33. The van der Waals surface area contributed by atoms with Gasteiger partial charge in [0.05, 0.1) is 28.6 Å². The van der Waals surface area contributed by atoms with Crippen molar-refractivity contribution >= 4 is 45.2 Å². The highest BCUT2D eigenvalue weighted by Crippen LogP contribution is 2.41. The number of pyridine rings is 1. The molecule has 0 bridgehead atoms. The number of aromatic amines is 1. The van der Waals surface area contributed by atoms with Crippen LogP contribution in [0, 0.1) is 0 Å². The Morgan fingerprint density at radius 2 is 1.97 bits per heavy atom. The minimum absolute atomic E-state index is 0.189. The van der Waals surface area contributed by atoms with Gasteiger partial charge in [0, 0.05) is 43.1 Å². The summed E-state index contributed by atoms with van der Waals surface area (Å²) in [4.78, 5) is 22.3. The molecule has 2 N–H and O–H groups in total. The van der Waals surface area contributed by atoms with Crippen LogP contribution in [-0.2, 0) is 0 Å². The lowest BCUT2D eigenvalue weighted by Gasteiger charge is -2.36. The summed E-state index contributed by atoms with van der Waals surface area (Å²) in [6, 6.07) is 5.36. The molecule has 1 aliphatic rings. The molecule has 1 atom stereocenters. The number of H-pyrrole nitrogens is 1. The maximum atomic E-state index is 13.8. The summed E-state index contributed by atoms with van der Waals surface area (Å²) in [7, 11) is 0. The van der Waals surface area contributed by atoms with Gasteiger partial charge in [0.15, 0.2) is 11.5 Å². The molecule has 3 aromatic heterocycles. The van der Waals surface area contributed by atoms with Gasteiger partial charge in [0.1, 0.15) is 11.8 Å². The zero-order chi connectivity index (χ0) is 21.6. The first kappa shape index (κ1) is 19.9. The fourth-order valence-corrected chi connectivity index (χ4v) is 4.35. The molecule has 160 valence electrons. The summed E-state index contributed by atoms with van der Waals surface area (Å²) in [5.74, 6) is -2.06. The third-order valence-corrected chi connectivity index (χ3v) is 6.01. The van der Waals surface area contributed by atoms with Crippen molar-refractivity contribution in [3.63, 3.8) is 0 Å². The number of fused-ring (bicyclic) bond motifs is 2. The van der Waals surface area contributed by atoms with Gasteiger partial charge in [0.2, 0.25) is 0 Å². The molecule has 0 radical (unpaired) electrons. The number of nitrogens with one attached hydrogen (secondary N) is 2. The summed E-state index contributed by atoms with van der Waals surface area (Å²) in [5, 5.41) is 4.74. The highest BCUT2D eigenvalue weighted by molar-refractivity contribution is 6.36. The highest BCUT2D eigenvalue weighted by atomic mass is 35.5. The van der Waals surface area contributed by atoms with Gasteiger partial charge in [-0.2, -0.15) is 0 Å². The minimum atomic E-state index is -2.64. The Morgan fingerprint density at radius 3 is 2.77 bits per heavy atom. The van der Waals surface area contributed by atoms with Gasteiger partial charge in [-0.25, -0.2) is 23.7 Å². The second kappa shape index (κ2) is 7.56. The summed E-state index contributed by atoms with van der Waals surface area (Å²) < 4.78 is 27.7. The smallest absolute Gasteiger partial charge is 0.251 e. The number of benzene rings is 1. The van der Waals surface area contributed by atoms with Crippen molar-refractivity contribution < 1.29 is 8.78 Å². The minimum Gasteiger partial charge on any atom is -0.369 e. The fourth-order valence-electron chi connectivity index (χ4n) is 4.08. The van der Waals surface area contributed by atoms with Crippen LogP contribution in [0.2, 0.25) is 5.02 Å². The Balaban J connectivity index is 1.59. The SMILES string of the molecule is CC(Nc1ncnc2[nH]cnc12)c1cc(Cl)c2cccnc2c1N1CCC(F)(F)CC1. The average Bonchev–Trinajstić information content (AvgIpc) is 3.24.